The molecule has 5 nitrogen and oxygen atoms in total. The molecule has 0 spiro atoms. The second-order valence-electron chi connectivity index (χ2n) is 6.34. The normalized spacial score (nSPS) is 10.6. The number of aryl methyl sites for hydroxylation is 1. The molecule has 0 aliphatic rings. The first-order valence-electron chi connectivity index (χ1n) is 9.22. The van der Waals surface area contributed by atoms with Crippen molar-refractivity contribution in [1.82, 2.24) is 10.3 Å². The molecule has 152 valence electrons. The number of carbonyl (C=O) groups excluding carboxylic acids is 1. The zero-order valence-electron chi connectivity index (χ0n) is 16.7. The van der Waals surface area contributed by atoms with Crippen LogP contribution in [0.1, 0.15) is 26.6 Å². The summed E-state index contributed by atoms with van der Waals surface area (Å²) in [6.07, 6.45) is 0.708. The standard InChI is InChI=1S/C22H24N2O3S2/c1-15-24-17(13-28-15)14-29-21-7-5-4-6-18(21)22(25)23-11-10-16-8-9-19(26-2)20(12-16)27-3/h4-9,12-13H,10-11,14H2,1-3H3,(H,23,25). The van der Waals surface area contributed by atoms with Gasteiger partial charge in [-0.2, -0.15) is 0 Å². The molecule has 1 N–H and O–H groups in total. The van der Waals surface area contributed by atoms with Crippen molar-refractivity contribution in [3.8, 4) is 11.5 Å². The number of thiazole rings is 1. The number of nitrogens with one attached hydrogen (secondary N) is 1. The third-order valence-electron chi connectivity index (χ3n) is 4.32. The SMILES string of the molecule is COc1ccc(CCNC(=O)c2ccccc2SCc2csc(C)n2)cc1OC. The first-order valence-corrected chi connectivity index (χ1v) is 11.1. The summed E-state index contributed by atoms with van der Waals surface area (Å²) in [5.41, 5.74) is 2.81. The van der Waals surface area contributed by atoms with E-state index in [2.05, 4.69) is 15.7 Å². The maximum atomic E-state index is 12.7. The van der Waals surface area contributed by atoms with E-state index >= 15 is 0 Å². The summed E-state index contributed by atoms with van der Waals surface area (Å²) >= 11 is 3.28. The second kappa shape index (κ2) is 10.3. The molecule has 0 unspecified atom stereocenters. The maximum Gasteiger partial charge on any atom is 0.252 e. The van der Waals surface area contributed by atoms with Crippen molar-refractivity contribution in [2.45, 2.75) is 24.0 Å². The van der Waals surface area contributed by atoms with Crippen LogP contribution in [0.5, 0.6) is 11.5 Å². The Morgan fingerprint density at radius 1 is 1.14 bits per heavy atom. The van der Waals surface area contributed by atoms with Crippen LogP contribution in [0.3, 0.4) is 0 Å². The molecule has 1 aromatic heterocycles. The Kier molecular flexibility index (Phi) is 7.55. The zero-order valence-corrected chi connectivity index (χ0v) is 18.4. The molecular formula is C22H24N2O3S2. The number of rotatable bonds is 9. The van der Waals surface area contributed by atoms with Gasteiger partial charge in [-0.3, -0.25) is 4.79 Å². The molecule has 0 saturated heterocycles. The van der Waals surface area contributed by atoms with Gasteiger partial charge in [0.25, 0.3) is 5.91 Å². The highest BCUT2D eigenvalue weighted by Gasteiger charge is 2.12. The molecule has 0 bridgehead atoms. The van der Waals surface area contributed by atoms with Crippen molar-refractivity contribution < 1.29 is 14.3 Å². The first kappa shape index (κ1) is 21.2. The van der Waals surface area contributed by atoms with E-state index in [-0.39, 0.29) is 5.91 Å². The Morgan fingerprint density at radius 3 is 2.66 bits per heavy atom. The number of hydrogen-bond donors (Lipinski definition) is 1. The third-order valence-corrected chi connectivity index (χ3v) is 6.25. The third kappa shape index (κ3) is 5.74. The molecule has 0 aliphatic carbocycles. The quantitative estimate of drug-likeness (QED) is 0.499. The summed E-state index contributed by atoms with van der Waals surface area (Å²) in [6, 6.07) is 13.5. The van der Waals surface area contributed by atoms with Gasteiger partial charge in [0.15, 0.2) is 11.5 Å². The number of benzene rings is 2. The Balaban J connectivity index is 1.58. The minimum absolute atomic E-state index is 0.0666. The summed E-state index contributed by atoms with van der Waals surface area (Å²) in [4.78, 5) is 18.2. The monoisotopic (exact) mass is 428 g/mol. The topological polar surface area (TPSA) is 60.5 Å². The minimum Gasteiger partial charge on any atom is -0.493 e. The van der Waals surface area contributed by atoms with Crippen LogP contribution in [0.4, 0.5) is 0 Å². The first-order chi connectivity index (χ1) is 14.1. The number of ether oxygens (including phenoxy) is 2. The molecule has 0 radical (unpaired) electrons. The lowest BCUT2D eigenvalue weighted by Crippen LogP contribution is -2.26. The Bertz CT molecular complexity index is 972. The van der Waals surface area contributed by atoms with Crippen LogP contribution >= 0.6 is 23.1 Å². The molecule has 3 aromatic rings. The van der Waals surface area contributed by atoms with Crippen molar-refractivity contribution in [3.05, 3.63) is 69.7 Å². The van der Waals surface area contributed by atoms with E-state index in [4.69, 9.17) is 9.47 Å². The average Bonchev–Trinajstić information content (AvgIpc) is 3.17. The molecule has 1 amide bonds. The van der Waals surface area contributed by atoms with Gasteiger partial charge in [-0.1, -0.05) is 18.2 Å². The van der Waals surface area contributed by atoms with Crippen molar-refractivity contribution in [1.29, 1.82) is 0 Å². The van der Waals surface area contributed by atoms with E-state index in [0.717, 1.165) is 26.9 Å². The maximum absolute atomic E-state index is 12.7. The van der Waals surface area contributed by atoms with Crippen LogP contribution in [0, 0.1) is 6.92 Å². The fourth-order valence-corrected chi connectivity index (χ4v) is 4.52. The number of nitrogens with zero attached hydrogens (tertiary/aromatic N) is 1. The summed E-state index contributed by atoms with van der Waals surface area (Å²) < 4.78 is 10.6. The Labute approximate surface area is 179 Å². The molecule has 29 heavy (non-hydrogen) atoms. The van der Waals surface area contributed by atoms with Gasteiger partial charge in [0.05, 0.1) is 30.5 Å². The van der Waals surface area contributed by atoms with Gasteiger partial charge in [0.1, 0.15) is 0 Å². The van der Waals surface area contributed by atoms with Gasteiger partial charge in [0, 0.05) is 22.6 Å². The predicted octanol–water partition coefficient (Wildman–Crippen LogP) is 4.73. The molecule has 0 fully saturated rings. The molecule has 0 atom stereocenters. The van der Waals surface area contributed by atoms with Crippen molar-refractivity contribution in [2.24, 2.45) is 0 Å². The molecule has 7 heteroatoms. The molecule has 0 aliphatic heterocycles. The van der Waals surface area contributed by atoms with Gasteiger partial charge < -0.3 is 14.8 Å². The van der Waals surface area contributed by atoms with E-state index in [9.17, 15) is 4.79 Å². The van der Waals surface area contributed by atoms with Crippen LogP contribution in [0.2, 0.25) is 0 Å². The average molecular weight is 429 g/mol. The largest absolute Gasteiger partial charge is 0.493 e. The Morgan fingerprint density at radius 2 is 1.93 bits per heavy atom. The second-order valence-corrected chi connectivity index (χ2v) is 8.42. The van der Waals surface area contributed by atoms with Crippen molar-refractivity contribution >= 4 is 29.0 Å². The van der Waals surface area contributed by atoms with Gasteiger partial charge >= 0.3 is 0 Å². The van der Waals surface area contributed by atoms with Gasteiger partial charge in [-0.05, 0) is 43.2 Å². The predicted molar refractivity (Wildman–Crippen MR) is 118 cm³/mol. The smallest absolute Gasteiger partial charge is 0.252 e. The van der Waals surface area contributed by atoms with Crippen LogP contribution in [-0.4, -0.2) is 31.7 Å². The lowest BCUT2D eigenvalue weighted by Gasteiger charge is -2.11. The molecule has 0 saturated carbocycles. The lowest BCUT2D eigenvalue weighted by molar-refractivity contribution is 0.0951. The number of thioether (sulfide) groups is 1. The van der Waals surface area contributed by atoms with Crippen LogP contribution < -0.4 is 14.8 Å². The zero-order chi connectivity index (χ0) is 20.6. The van der Waals surface area contributed by atoms with Crippen LogP contribution in [0.25, 0.3) is 0 Å². The van der Waals surface area contributed by atoms with Gasteiger partial charge in [0.2, 0.25) is 0 Å². The lowest BCUT2D eigenvalue weighted by atomic mass is 10.1. The van der Waals surface area contributed by atoms with Gasteiger partial charge in [-0.15, -0.1) is 23.1 Å². The Hall–Kier alpha value is -2.51. The fourth-order valence-electron chi connectivity index (χ4n) is 2.86. The van der Waals surface area contributed by atoms with Crippen LogP contribution in [0.15, 0.2) is 52.7 Å². The number of amides is 1. The molecular weight excluding hydrogens is 404 g/mol. The van der Waals surface area contributed by atoms with Crippen LogP contribution in [-0.2, 0) is 12.2 Å². The number of methoxy groups -OCH3 is 2. The molecule has 2 aromatic carbocycles. The van der Waals surface area contributed by atoms with E-state index in [1.165, 1.54) is 0 Å². The summed E-state index contributed by atoms with van der Waals surface area (Å²) in [5.74, 6) is 2.07. The molecule has 3 rings (SSSR count). The fraction of sp³-hybridized carbons (Fsp3) is 0.273. The van der Waals surface area contributed by atoms with Crippen molar-refractivity contribution in [2.75, 3.05) is 20.8 Å². The highest BCUT2D eigenvalue weighted by atomic mass is 32.2. The van der Waals surface area contributed by atoms with E-state index in [0.29, 0.717) is 30.0 Å². The van der Waals surface area contributed by atoms with E-state index in [1.54, 1.807) is 37.3 Å². The van der Waals surface area contributed by atoms with E-state index in [1.807, 2.05) is 49.4 Å². The highest BCUT2D eigenvalue weighted by Crippen LogP contribution is 2.28. The highest BCUT2D eigenvalue weighted by molar-refractivity contribution is 7.98. The summed E-state index contributed by atoms with van der Waals surface area (Å²) in [6.45, 7) is 2.54. The van der Waals surface area contributed by atoms with Crippen molar-refractivity contribution in [3.63, 3.8) is 0 Å². The minimum atomic E-state index is -0.0666. The van der Waals surface area contributed by atoms with E-state index < -0.39 is 0 Å². The summed E-state index contributed by atoms with van der Waals surface area (Å²) in [7, 11) is 3.23. The number of carbonyl (C=O) groups is 1. The molecule has 1 heterocycles. The van der Waals surface area contributed by atoms with Gasteiger partial charge in [-0.25, -0.2) is 4.98 Å². The number of hydrogen-bond acceptors (Lipinski definition) is 6. The number of aromatic nitrogens is 1. The summed E-state index contributed by atoms with van der Waals surface area (Å²) in [5, 5.41) is 6.14.